The van der Waals surface area contributed by atoms with Crippen LogP contribution in [0.15, 0.2) is 24.3 Å². The first-order valence-corrected chi connectivity index (χ1v) is 6.89. The third-order valence-corrected chi connectivity index (χ3v) is 3.58. The number of quaternary nitrogens is 1. The summed E-state index contributed by atoms with van der Waals surface area (Å²) in [7, 11) is 2.16. The minimum Gasteiger partial charge on any atom is -0.481 e. The molecular weight excluding hydrogens is 240 g/mol. The number of rotatable bonds is 3. The predicted molar refractivity (Wildman–Crippen MR) is 74.5 cm³/mol. The van der Waals surface area contributed by atoms with Gasteiger partial charge < -0.3 is 14.5 Å². The Morgan fingerprint density at radius 3 is 2.68 bits per heavy atom. The van der Waals surface area contributed by atoms with Crippen LogP contribution in [0, 0.1) is 6.92 Å². The van der Waals surface area contributed by atoms with E-state index in [-0.39, 0.29) is 5.91 Å². The highest BCUT2D eigenvalue weighted by atomic mass is 16.5. The lowest BCUT2D eigenvalue weighted by Crippen LogP contribution is -3.12. The molecule has 1 aromatic rings. The number of ether oxygens (including phenoxy) is 1. The smallest absolute Gasteiger partial charge is 0.263 e. The van der Waals surface area contributed by atoms with Gasteiger partial charge >= 0.3 is 0 Å². The zero-order valence-corrected chi connectivity index (χ0v) is 12.0. The summed E-state index contributed by atoms with van der Waals surface area (Å²) in [5, 5.41) is 0. The van der Waals surface area contributed by atoms with Crippen LogP contribution in [0.2, 0.25) is 0 Å². The van der Waals surface area contributed by atoms with E-state index >= 15 is 0 Å². The number of aryl methyl sites for hydroxylation is 1. The van der Waals surface area contributed by atoms with Gasteiger partial charge in [0.15, 0.2) is 6.10 Å². The van der Waals surface area contributed by atoms with E-state index in [2.05, 4.69) is 7.05 Å². The molecule has 1 N–H and O–H groups in total. The van der Waals surface area contributed by atoms with Crippen molar-refractivity contribution in [1.82, 2.24) is 4.90 Å². The molecule has 0 spiro atoms. The highest BCUT2D eigenvalue weighted by molar-refractivity contribution is 5.81. The molecule has 0 unspecified atom stereocenters. The molecule has 1 aliphatic rings. The highest BCUT2D eigenvalue weighted by Gasteiger charge is 2.26. The summed E-state index contributed by atoms with van der Waals surface area (Å²) in [6.45, 7) is 7.53. The van der Waals surface area contributed by atoms with Crippen LogP contribution < -0.4 is 9.64 Å². The Morgan fingerprint density at radius 1 is 1.37 bits per heavy atom. The highest BCUT2D eigenvalue weighted by Crippen LogP contribution is 2.15. The van der Waals surface area contributed by atoms with Gasteiger partial charge in [-0.25, -0.2) is 0 Å². The first-order chi connectivity index (χ1) is 9.06. The number of likely N-dealkylation sites (N-methyl/N-ethyl adjacent to an activating group) is 1. The number of amides is 1. The number of carbonyl (C=O) groups excluding carboxylic acids is 1. The molecule has 19 heavy (non-hydrogen) atoms. The molecule has 4 nitrogen and oxygen atoms in total. The van der Waals surface area contributed by atoms with Gasteiger partial charge in [0.05, 0.1) is 33.2 Å². The maximum atomic E-state index is 12.3. The molecule has 0 bridgehead atoms. The Bertz CT molecular complexity index is 440. The summed E-state index contributed by atoms with van der Waals surface area (Å²) in [5.41, 5.74) is 1.14. The van der Waals surface area contributed by atoms with E-state index < -0.39 is 6.10 Å². The van der Waals surface area contributed by atoms with E-state index in [9.17, 15) is 4.79 Å². The van der Waals surface area contributed by atoms with Crippen LogP contribution in [-0.4, -0.2) is 50.1 Å². The molecule has 1 aliphatic heterocycles. The fourth-order valence-electron chi connectivity index (χ4n) is 2.31. The first kappa shape index (κ1) is 13.9. The lowest BCUT2D eigenvalue weighted by atomic mass is 10.2. The number of hydrogen-bond donors (Lipinski definition) is 1. The van der Waals surface area contributed by atoms with Gasteiger partial charge in [0.1, 0.15) is 5.75 Å². The van der Waals surface area contributed by atoms with Crippen molar-refractivity contribution in [3.05, 3.63) is 29.8 Å². The van der Waals surface area contributed by atoms with Crippen molar-refractivity contribution in [2.45, 2.75) is 20.0 Å². The maximum Gasteiger partial charge on any atom is 0.263 e. The molecule has 0 aromatic heterocycles. The molecular formula is C15H23N2O2+. The van der Waals surface area contributed by atoms with Crippen molar-refractivity contribution in [1.29, 1.82) is 0 Å². The lowest BCUT2D eigenvalue weighted by Gasteiger charge is -2.31. The molecule has 0 saturated carbocycles. The van der Waals surface area contributed by atoms with Gasteiger partial charge in [0, 0.05) is 0 Å². The zero-order valence-electron chi connectivity index (χ0n) is 12.0. The number of nitrogens with zero attached hydrogens (tertiary/aromatic N) is 1. The van der Waals surface area contributed by atoms with Gasteiger partial charge in [-0.05, 0) is 31.5 Å². The summed E-state index contributed by atoms with van der Waals surface area (Å²) in [6.07, 6.45) is -0.416. The van der Waals surface area contributed by atoms with Crippen LogP contribution >= 0.6 is 0 Å². The minimum absolute atomic E-state index is 0.0917. The zero-order chi connectivity index (χ0) is 13.8. The van der Waals surface area contributed by atoms with Gasteiger partial charge in [0.2, 0.25) is 0 Å². The average Bonchev–Trinajstić information content (AvgIpc) is 2.39. The van der Waals surface area contributed by atoms with Gasteiger partial charge in [-0.3, -0.25) is 4.79 Å². The standard InChI is InChI=1S/C15H22N2O2/c1-12-5-4-6-14(11-12)19-13(2)15(18)17-9-7-16(3)8-10-17/h4-6,11,13H,7-10H2,1-3H3/p+1/t13-/m0/s1. The normalized spacial score (nSPS) is 18.2. The fraction of sp³-hybridized carbons (Fsp3) is 0.533. The van der Waals surface area contributed by atoms with E-state index in [0.717, 1.165) is 37.5 Å². The molecule has 1 heterocycles. The van der Waals surface area contributed by atoms with Gasteiger partial charge in [-0.2, -0.15) is 0 Å². The first-order valence-electron chi connectivity index (χ1n) is 6.89. The van der Waals surface area contributed by atoms with Gasteiger partial charge in [-0.1, -0.05) is 12.1 Å². The number of carbonyl (C=O) groups is 1. The molecule has 2 rings (SSSR count). The van der Waals surface area contributed by atoms with Crippen molar-refractivity contribution < 1.29 is 14.4 Å². The Labute approximate surface area is 115 Å². The number of piperazine rings is 1. The van der Waals surface area contributed by atoms with Crippen LogP contribution in [-0.2, 0) is 4.79 Å². The largest absolute Gasteiger partial charge is 0.481 e. The molecule has 0 radical (unpaired) electrons. The van der Waals surface area contributed by atoms with E-state index in [1.165, 1.54) is 4.90 Å². The summed E-state index contributed by atoms with van der Waals surface area (Å²) in [5.74, 6) is 0.856. The van der Waals surface area contributed by atoms with Crippen molar-refractivity contribution in [3.8, 4) is 5.75 Å². The lowest BCUT2D eigenvalue weighted by molar-refractivity contribution is -0.883. The van der Waals surface area contributed by atoms with Crippen LogP contribution in [0.3, 0.4) is 0 Å². The van der Waals surface area contributed by atoms with Crippen LogP contribution in [0.4, 0.5) is 0 Å². The monoisotopic (exact) mass is 263 g/mol. The molecule has 1 aromatic carbocycles. The third kappa shape index (κ3) is 3.70. The predicted octanol–water partition coefficient (Wildman–Crippen LogP) is 0.119. The summed E-state index contributed by atoms with van der Waals surface area (Å²) in [4.78, 5) is 15.7. The van der Waals surface area contributed by atoms with Crippen molar-refractivity contribution in [2.24, 2.45) is 0 Å². The van der Waals surface area contributed by atoms with Crippen LogP contribution in [0.25, 0.3) is 0 Å². The van der Waals surface area contributed by atoms with Crippen molar-refractivity contribution in [2.75, 3.05) is 33.2 Å². The summed E-state index contributed by atoms with van der Waals surface area (Å²) in [6, 6.07) is 7.81. The average molecular weight is 263 g/mol. The number of hydrogen-bond acceptors (Lipinski definition) is 2. The van der Waals surface area contributed by atoms with Crippen LogP contribution in [0.5, 0.6) is 5.75 Å². The quantitative estimate of drug-likeness (QED) is 0.840. The Hall–Kier alpha value is -1.55. The topological polar surface area (TPSA) is 34.0 Å². The molecule has 104 valence electrons. The second-order valence-electron chi connectivity index (χ2n) is 5.36. The molecule has 1 atom stereocenters. The van der Waals surface area contributed by atoms with Gasteiger partial charge in [-0.15, -0.1) is 0 Å². The molecule has 1 fully saturated rings. The Kier molecular flexibility index (Phi) is 4.43. The fourth-order valence-corrected chi connectivity index (χ4v) is 2.31. The maximum absolute atomic E-state index is 12.3. The molecule has 1 saturated heterocycles. The van der Waals surface area contributed by atoms with E-state index in [4.69, 9.17) is 4.74 Å². The van der Waals surface area contributed by atoms with Gasteiger partial charge in [0.25, 0.3) is 5.91 Å². The van der Waals surface area contributed by atoms with E-state index in [0.29, 0.717) is 0 Å². The SMILES string of the molecule is Cc1cccc(O[C@@H](C)C(=O)N2CC[NH+](C)CC2)c1. The number of nitrogens with one attached hydrogen (secondary N) is 1. The molecule has 4 heteroatoms. The van der Waals surface area contributed by atoms with E-state index in [1.54, 1.807) is 0 Å². The Balaban J connectivity index is 1.92. The third-order valence-electron chi connectivity index (χ3n) is 3.58. The van der Waals surface area contributed by atoms with Crippen LogP contribution in [0.1, 0.15) is 12.5 Å². The molecule has 1 amide bonds. The summed E-state index contributed by atoms with van der Waals surface area (Å²) < 4.78 is 5.74. The van der Waals surface area contributed by atoms with Crippen molar-refractivity contribution >= 4 is 5.91 Å². The van der Waals surface area contributed by atoms with Crippen molar-refractivity contribution in [3.63, 3.8) is 0 Å². The minimum atomic E-state index is -0.416. The Morgan fingerprint density at radius 2 is 2.05 bits per heavy atom. The number of benzene rings is 1. The van der Waals surface area contributed by atoms with E-state index in [1.807, 2.05) is 43.0 Å². The second kappa shape index (κ2) is 6.06. The summed E-state index contributed by atoms with van der Waals surface area (Å²) >= 11 is 0. The second-order valence-corrected chi connectivity index (χ2v) is 5.36. The molecule has 0 aliphatic carbocycles.